The van der Waals surface area contributed by atoms with Gasteiger partial charge in [0.1, 0.15) is 6.07 Å². The highest BCUT2D eigenvalue weighted by Crippen LogP contribution is 2.21. The number of hydrogen-bond acceptors (Lipinski definition) is 5. The van der Waals surface area contributed by atoms with E-state index in [9.17, 15) is 4.79 Å². The molecule has 3 rings (SSSR count). The van der Waals surface area contributed by atoms with E-state index in [1.165, 1.54) is 21.8 Å². The van der Waals surface area contributed by atoms with Crippen molar-refractivity contribution in [2.75, 3.05) is 0 Å². The maximum Gasteiger partial charge on any atom is 0.298 e. The maximum absolute atomic E-state index is 12.5. The molecule has 0 bridgehead atoms. The van der Waals surface area contributed by atoms with Gasteiger partial charge in [0, 0.05) is 6.20 Å². The van der Waals surface area contributed by atoms with E-state index in [2.05, 4.69) is 41.2 Å². The number of aromatic nitrogens is 6. The minimum Gasteiger partial charge on any atom is -0.295 e. The zero-order valence-corrected chi connectivity index (χ0v) is 13.0. The zero-order valence-electron chi connectivity index (χ0n) is 13.0. The standard InChI is InChI=1S/C15H15N7O/c1-15(2,3)10-4-5-13(17-7-10)22-14(23)12(8-18-22)21-9-11(6-16)19-20-21/h4-5,7-9,18H,1-3H3. The topological polar surface area (TPSA) is 105 Å². The zero-order chi connectivity index (χ0) is 16.6. The second-order valence-corrected chi connectivity index (χ2v) is 6.11. The third-order valence-electron chi connectivity index (χ3n) is 3.45. The number of rotatable bonds is 2. The molecule has 0 radical (unpaired) electrons. The number of hydrogen-bond donors (Lipinski definition) is 1. The first-order valence-corrected chi connectivity index (χ1v) is 7.00. The Morgan fingerprint density at radius 1 is 1.30 bits per heavy atom. The average molecular weight is 309 g/mol. The fourth-order valence-corrected chi connectivity index (χ4v) is 2.09. The summed E-state index contributed by atoms with van der Waals surface area (Å²) < 4.78 is 2.58. The van der Waals surface area contributed by atoms with Crippen molar-refractivity contribution in [1.82, 2.24) is 29.8 Å². The molecule has 0 saturated heterocycles. The lowest BCUT2D eigenvalue weighted by Gasteiger charge is -2.18. The van der Waals surface area contributed by atoms with Crippen molar-refractivity contribution in [1.29, 1.82) is 5.26 Å². The van der Waals surface area contributed by atoms with Gasteiger partial charge >= 0.3 is 0 Å². The molecule has 0 saturated carbocycles. The molecule has 0 unspecified atom stereocenters. The molecule has 3 heterocycles. The third kappa shape index (κ3) is 2.64. The largest absolute Gasteiger partial charge is 0.298 e. The summed E-state index contributed by atoms with van der Waals surface area (Å²) in [4.78, 5) is 16.8. The molecule has 8 heteroatoms. The van der Waals surface area contributed by atoms with E-state index in [4.69, 9.17) is 5.26 Å². The second kappa shape index (κ2) is 5.21. The number of aromatic amines is 1. The van der Waals surface area contributed by atoms with Crippen LogP contribution in [-0.4, -0.2) is 29.8 Å². The lowest BCUT2D eigenvalue weighted by Crippen LogP contribution is -2.20. The summed E-state index contributed by atoms with van der Waals surface area (Å²) >= 11 is 0. The van der Waals surface area contributed by atoms with Crippen molar-refractivity contribution < 1.29 is 0 Å². The number of pyridine rings is 1. The molecular weight excluding hydrogens is 294 g/mol. The fourth-order valence-electron chi connectivity index (χ4n) is 2.09. The Morgan fingerprint density at radius 2 is 2.09 bits per heavy atom. The van der Waals surface area contributed by atoms with Crippen molar-refractivity contribution in [3.63, 3.8) is 0 Å². The Balaban J connectivity index is 1.99. The Hall–Kier alpha value is -3.21. The van der Waals surface area contributed by atoms with Crippen molar-refractivity contribution in [3.05, 3.63) is 52.3 Å². The average Bonchev–Trinajstić information content (AvgIpc) is 3.12. The van der Waals surface area contributed by atoms with Crippen LogP contribution in [0.4, 0.5) is 0 Å². The van der Waals surface area contributed by atoms with Crippen molar-refractivity contribution in [2.24, 2.45) is 0 Å². The maximum atomic E-state index is 12.5. The van der Waals surface area contributed by atoms with Gasteiger partial charge < -0.3 is 0 Å². The second-order valence-electron chi connectivity index (χ2n) is 6.11. The number of nitrogens with one attached hydrogen (secondary N) is 1. The van der Waals surface area contributed by atoms with Gasteiger partial charge in [-0.1, -0.05) is 32.1 Å². The van der Waals surface area contributed by atoms with Gasteiger partial charge in [-0.2, -0.15) is 9.94 Å². The van der Waals surface area contributed by atoms with E-state index in [1.807, 2.05) is 12.1 Å². The van der Waals surface area contributed by atoms with E-state index < -0.39 is 0 Å². The molecule has 0 aliphatic heterocycles. The van der Waals surface area contributed by atoms with Gasteiger partial charge in [-0.05, 0) is 17.0 Å². The summed E-state index contributed by atoms with van der Waals surface area (Å²) in [7, 11) is 0. The van der Waals surface area contributed by atoms with Gasteiger partial charge in [0.2, 0.25) is 0 Å². The highest BCUT2D eigenvalue weighted by Gasteiger charge is 2.16. The van der Waals surface area contributed by atoms with Crippen LogP contribution >= 0.6 is 0 Å². The van der Waals surface area contributed by atoms with E-state index in [0.29, 0.717) is 5.82 Å². The first kappa shape index (κ1) is 14.7. The summed E-state index contributed by atoms with van der Waals surface area (Å²) in [5, 5.41) is 19.0. The summed E-state index contributed by atoms with van der Waals surface area (Å²) in [6.07, 6.45) is 4.65. The smallest absolute Gasteiger partial charge is 0.295 e. The highest BCUT2D eigenvalue weighted by atomic mass is 16.1. The predicted molar refractivity (Wildman–Crippen MR) is 82.5 cm³/mol. The minimum absolute atomic E-state index is 0.00812. The Morgan fingerprint density at radius 3 is 2.65 bits per heavy atom. The molecule has 8 nitrogen and oxygen atoms in total. The van der Waals surface area contributed by atoms with Crippen LogP contribution in [0.1, 0.15) is 32.0 Å². The summed E-state index contributed by atoms with van der Waals surface area (Å²) in [5.41, 5.74) is 1.16. The summed E-state index contributed by atoms with van der Waals surface area (Å²) in [6.45, 7) is 6.29. The van der Waals surface area contributed by atoms with Crippen molar-refractivity contribution in [2.45, 2.75) is 26.2 Å². The van der Waals surface area contributed by atoms with Gasteiger partial charge in [0.05, 0.1) is 12.4 Å². The molecule has 0 aromatic carbocycles. The molecule has 3 aromatic heterocycles. The third-order valence-corrected chi connectivity index (χ3v) is 3.45. The number of H-pyrrole nitrogens is 1. The molecule has 0 aliphatic carbocycles. The van der Waals surface area contributed by atoms with E-state index >= 15 is 0 Å². The van der Waals surface area contributed by atoms with Crippen molar-refractivity contribution >= 4 is 0 Å². The minimum atomic E-state index is -0.324. The molecule has 0 spiro atoms. The Kier molecular flexibility index (Phi) is 3.33. The summed E-state index contributed by atoms with van der Waals surface area (Å²) in [6, 6.07) is 5.59. The predicted octanol–water partition coefficient (Wildman–Crippen LogP) is 1.31. The quantitative estimate of drug-likeness (QED) is 0.768. The Bertz CT molecular complexity index is 932. The van der Waals surface area contributed by atoms with Gasteiger partial charge in [-0.15, -0.1) is 5.10 Å². The first-order valence-electron chi connectivity index (χ1n) is 7.00. The van der Waals surface area contributed by atoms with Crippen LogP contribution in [0, 0.1) is 11.3 Å². The lowest BCUT2D eigenvalue weighted by atomic mass is 9.88. The normalized spacial score (nSPS) is 11.4. The Labute approximate surface area is 132 Å². The molecule has 3 aromatic rings. The van der Waals surface area contributed by atoms with Crippen LogP contribution in [-0.2, 0) is 5.41 Å². The van der Waals surface area contributed by atoms with E-state index in [0.717, 1.165) is 5.56 Å². The SMILES string of the molecule is CC(C)(C)c1ccc(-n2[nH]cc(-n3cc(C#N)nn3)c2=O)nc1. The van der Waals surface area contributed by atoms with Gasteiger partial charge in [0.15, 0.2) is 17.2 Å². The molecule has 0 atom stereocenters. The highest BCUT2D eigenvalue weighted by molar-refractivity contribution is 5.33. The van der Waals surface area contributed by atoms with Crippen LogP contribution in [0.2, 0.25) is 0 Å². The van der Waals surface area contributed by atoms with Crippen LogP contribution < -0.4 is 5.56 Å². The first-order chi connectivity index (χ1) is 10.9. The van der Waals surface area contributed by atoms with Gasteiger partial charge in [0.25, 0.3) is 5.56 Å². The summed E-state index contributed by atoms with van der Waals surface area (Å²) in [5.74, 6) is 0.481. The molecule has 0 amide bonds. The van der Waals surface area contributed by atoms with Gasteiger partial charge in [-0.25, -0.2) is 9.67 Å². The molecule has 1 N–H and O–H groups in total. The monoisotopic (exact) mass is 309 g/mol. The van der Waals surface area contributed by atoms with E-state index in [1.54, 1.807) is 12.3 Å². The van der Waals surface area contributed by atoms with Crippen LogP contribution in [0.5, 0.6) is 0 Å². The molecule has 23 heavy (non-hydrogen) atoms. The van der Waals surface area contributed by atoms with Crippen LogP contribution in [0.15, 0.2) is 35.5 Å². The lowest BCUT2D eigenvalue weighted by molar-refractivity contribution is 0.586. The van der Waals surface area contributed by atoms with Gasteiger partial charge in [-0.3, -0.25) is 9.89 Å². The number of nitrogens with zero attached hydrogens (tertiary/aromatic N) is 6. The van der Waals surface area contributed by atoms with Crippen LogP contribution in [0.3, 0.4) is 0 Å². The van der Waals surface area contributed by atoms with E-state index in [-0.39, 0.29) is 22.4 Å². The molecule has 116 valence electrons. The number of nitriles is 1. The molecular formula is C15H15N7O. The fraction of sp³-hybridized carbons (Fsp3) is 0.267. The van der Waals surface area contributed by atoms with Crippen molar-refractivity contribution in [3.8, 4) is 17.6 Å². The van der Waals surface area contributed by atoms with Crippen LogP contribution in [0.25, 0.3) is 11.5 Å². The molecule has 0 aliphatic rings. The molecule has 0 fully saturated rings.